The Labute approximate surface area is 165 Å². The quantitative estimate of drug-likeness (QED) is 0.484. The predicted octanol–water partition coefficient (Wildman–Crippen LogP) is 4.50. The summed E-state index contributed by atoms with van der Waals surface area (Å²) < 4.78 is 20.2. The molecule has 0 amide bonds. The molecule has 0 radical (unpaired) electrons. The maximum atomic E-state index is 13.4. The Bertz CT molecular complexity index is 1150. The molecule has 4 rings (SSSR count). The Morgan fingerprint density at radius 1 is 1.11 bits per heavy atom. The Balaban J connectivity index is 1.86. The number of rotatable bonds is 6. The first-order valence-electron chi connectivity index (χ1n) is 8.97. The van der Waals surface area contributed by atoms with Gasteiger partial charge < -0.3 is 4.74 Å². The minimum absolute atomic E-state index is 0.0893. The molecule has 6 heteroatoms. The van der Waals surface area contributed by atoms with Gasteiger partial charge in [-0.05, 0) is 23.3 Å². The fourth-order valence-corrected chi connectivity index (χ4v) is 4.19. The minimum Gasteiger partial charge on any atom is -0.383 e. The molecular formula is C22H19FN2O2S. The molecule has 0 aliphatic rings. The molecule has 0 aliphatic heterocycles. The van der Waals surface area contributed by atoms with E-state index in [-0.39, 0.29) is 11.4 Å². The van der Waals surface area contributed by atoms with Crippen LogP contribution in [0.2, 0.25) is 0 Å². The summed E-state index contributed by atoms with van der Waals surface area (Å²) in [6.07, 6.45) is 0.569. The number of ether oxygens (including phenoxy) is 1. The van der Waals surface area contributed by atoms with Gasteiger partial charge in [-0.3, -0.25) is 9.36 Å². The molecule has 4 nitrogen and oxygen atoms in total. The van der Waals surface area contributed by atoms with Crippen LogP contribution in [0.1, 0.15) is 11.4 Å². The summed E-state index contributed by atoms with van der Waals surface area (Å²) in [5.74, 6) is 0.414. The van der Waals surface area contributed by atoms with E-state index in [1.807, 2.05) is 35.7 Å². The summed E-state index contributed by atoms with van der Waals surface area (Å²) in [6.45, 7) is 0.851. The summed E-state index contributed by atoms with van der Waals surface area (Å²) in [7, 11) is 1.61. The van der Waals surface area contributed by atoms with Gasteiger partial charge in [0.05, 0.1) is 18.5 Å². The van der Waals surface area contributed by atoms with E-state index in [1.165, 1.54) is 23.5 Å². The summed E-state index contributed by atoms with van der Waals surface area (Å²) in [5, 5.41) is 2.49. The van der Waals surface area contributed by atoms with Crippen molar-refractivity contribution in [3.8, 4) is 11.1 Å². The molecule has 0 aliphatic carbocycles. The second-order valence-electron chi connectivity index (χ2n) is 6.48. The largest absolute Gasteiger partial charge is 0.383 e. The fourth-order valence-electron chi connectivity index (χ4n) is 3.23. The molecule has 0 fully saturated rings. The number of hydrogen-bond acceptors (Lipinski definition) is 4. The van der Waals surface area contributed by atoms with Gasteiger partial charge in [-0.1, -0.05) is 42.5 Å². The number of aromatic nitrogens is 2. The predicted molar refractivity (Wildman–Crippen MR) is 110 cm³/mol. The van der Waals surface area contributed by atoms with Gasteiger partial charge in [0, 0.05) is 24.5 Å². The van der Waals surface area contributed by atoms with Crippen LogP contribution in [0.3, 0.4) is 0 Å². The highest BCUT2D eigenvalue weighted by atomic mass is 32.1. The van der Waals surface area contributed by atoms with Crippen LogP contribution < -0.4 is 5.56 Å². The van der Waals surface area contributed by atoms with Gasteiger partial charge in [-0.15, -0.1) is 11.3 Å². The van der Waals surface area contributed by atoms with E-state index < -0.39 is 0 Å². The van der Waals surface area contributed by atoms with Crippen LogP contribution in [0.5, 0.6) is 0 Å². The van der Waals surface area contributed by atoms with Gasteiger partial charge in [0.25, 0.3) is 5.56 Å². The molecule has 4 aromatic rings. The zero-order valence-corrected chi connectivity index (χ0v) is 16.2. The standard InChI is InChI=1S/C22H19FN2O2S/c1-27-12-11-25-19(13-15-5-3-2-4-6-15)24-21-20(22(25)26)18(14-28-21)16-7-9-17(23)10-8-16/h2-10,14H,11-13H2,1H3. The number of fused-ring (bicyclic) bond motifs is 1. The van der Waals surface area contributed by atoms with Gasteiger partial charge in [0.15, 0.2) is 0 Å². The van der Waals surface area contributed by atoms with Crippen LogP contribution in [0, 0.1) is 5.82 Å². The highest BCUT2D eigenvalue weighted by Crippen LogP contribution is 2.31. The second-order valence-corrected chi connectivity index (χ2v) is 7.33. The summed E-state index contributed by atoms with van der Waals surface area (Å²) in [6, 6.07) is 16.1. The summed E-state index contributed by atoms with van der Waals surface area (Å²) in [5.41, 5.74) is 2.60. The van der Waals surface area contributed by atoms with E-state index in [4.69, 9.17) is 9.72 Å². The average Bonchev–Trinajstić information content (AvgIpc) is 3.13. The summed E-state index contributed by atoms with van der Waals surface area (Å²) in [4.78, 5) is 18.9. The van der Waals surface area contributed by atoms with Crippen molar-refractivity contribution in [2.75, 3.05) is 13.7 Å². The molecule has 0 N–H and O–H groups in total. The number of thiophene rings is 1. The van der Waals surface area contributed by atoms with Crippen LogP contribution in [0.15, 0.2) is 64.8 Å². The van der Waals surface area contributed by atoms with Crippen molar-refractivity contribution >= 4 is 21.6 Å². The van der Waals surface area contributed by atoms with E-state index >= 15 is 0 Å². The summed E-state index contributed by atoms with van der Waals surface area (Å²) >= 11 is 1.43. The molecular weight excluding hydrogens is 375 g/mol. The topological polar surface area (TPSA) is 44.1 Å². The van der Waals surface area contributed by atoms with Gasteiger partial charge in [-0.25, -0.2) is 9.37 Å². The lowest BCUT2D eigenvalue weighted by atomic mass is 10.1. The first-order valence-corrected chi connectivity index (χ1v) is 9.85. The lowest BCUT2D eigenvalue weighted by Gasteiger charge is -2.13. The van der Waals surface area contributed by atoms with Crippen LogP contribution in [0.4, 0.5) is 4.39 Å². The van der Waals surface area contributed by atoms with Gasteiger partial charge >= 0.3 is 0 Å². The molecule has 142 valence electrons. The highest BCUT2D eigenvalue weighted by Gasteiger charge is 2.17. The molecule has 0 unspecified atom stereocenters. The number of hydrogen-bond donors (Lipinski definition) is 0. The van der Waals surface area contributed by atoms with Gasteiger partial charge in [0.1, 0.15) is 16.5 Å². The maximum Gasteiger partial charge on any atom is 0.262 e. The Morgan fingerprint density at radius 2 is 1.86 bits per heavy atom. The average molecular weight is 394 g/mol. The van der Waals surface area contributed by atoms with E-state index in [1.54, 1.807) is 23.8 Å². The Hall–Kier alpha value is -2.83. The molecule has 0 saturated heterocycles. The third-order valence-electron chi connectivity index (χ3n) is 4.65. The van der Waals surface area contributed by atoms with Crippen LogP contribution in [0.25, 0.3) is 21.3 Å². The first kappa shape index (κ1) is 18.5. The normalized spacial score (nSPS) is 11.2. The van der Waals surface area contributed by atoms with Crippen molar-refractivity contribution in [3.05, 3.63) is 87.5 Å². The van der Waals surface area contributed by atoms with Crippen molar-refractivity contribution < 1.29 is 9.13 Å². The molecule has 0 saturated carbocycles. The SMILES string of the molecule is COCCn1c(Cc2ccccc2)nc2scc(-c3ccc(F)cc3)c2c1=O. The third-order valence-corrected chi connectivity index (χ3v) is 5.52. The van der Waals surface area contributed by atoms with Crippen LogP contribution in [-0.4, -0.2) is 23.3 Å². The maximum absolute atomic E-state index is 13.4. The van der Waals surface area contributed by atoms with Crippen molar-refractivity contribution in [2.45, 2.75) is 13.0 Å². The van der Waals surface area contributed by atoms with Crippen molar-refractivity contribution in [1.82, 2.24) is 9.55 Å². The number of methoxy groups -OCH3 is 1. The van der Waals surface area contributed by atoms with Gasteiger partial charge in [0.2, 0.25) is 0 Å². The van der Waals surface area contributed by atoms with Crippen molar-refractivity contribution in [3.63, 3.8) is 0 Å². The van der Waals surface area contributed by atoms with Gasteiger partial charge in [-0.2, -0.15) is 0 Å². The van der Waals surface area contributed by atoms with E-state index in [0.29, 0.717) is 35.6 Å². The van der Waals surface area contributed by atoms with E-state index in [0.717, 1.165) is 16.7 Å². The Kier molecular flexibility index (Phi) is 5.32. The lowest BCUT2D eigenvalue weighted by Crippen LogP contribution is -2.27. The molecule has 0 spiro atoms. The first-order chi connectivity index (χ1) is 13.7. The smallest absolute Gasteiger partial charge is 0.262 e. The van der Waals surface area contributed by atoms with Crippen LogP contribution >= 0.6 is 11.3 Å². The highest BCUT2D eigenvalue weighted by molar-refractivity contribution is 7.17. The zero-order valence-electron chi connectivity index (χ0n) is 15.4. The van der Waals surface area contributed by atoms with Crippen LogP contribution in [-0.2, 0) is 17.7 Å². The third kappa shape index (κ3) is 3.61. The van der Waals surface area contributed by atoms with E-state index in [2.05, 4.69) is 0 Å². The molecule has 2 aromatic carbocycles. The monoisotopic (exact) mass is 394 g/mol. The lowest BCUT2D eigenvalue weighted by molar-refractivity contribution is 0.185. The molecule has 2 heterocycles. The van der Waals surface area contributed by atoms with Crippen molar-refractivity contribution in [1.29, 1.82) is 0 Å². The molecule has 0 bridgehead atoms. The fraction of sp³-hybridized carbons (Fsp3) is 0.182. The molecule has 28 heavy (non-hydrogen) atoms. The molecule has 2 aromatic heterocycles. The number of benzene rings is 2. The minimum atomic E-state index is -0.302. The zero-order chi connectivity index (χ0) is 19.5. The Morgan fingerprint density at radius 3 is 2.57 bits per heavy atom. The number of halogens is 1. The number of nitrogens with zero attached hydrogens (tertiary/aromatic N) is 2. The molecule has 0 atom stereocenters. The van der Waals surface area contributed by atoms with Crippen molar-refractivity contribution in [2.24, 2.45) is 0 Å². The second kappa shape index (κ2) is 8.04. The van der Waals surface area contributed by atoms with E-state index in [9.17, 15) is 9.18 Å².